The normalized spacial score (nSPS) is 10.2. The second-order valence-corrected chi connectivity index (χ2v) is 3.32. The average molecular weight is 236 g/mol. The van der Waals surface area contributed by atoms with Gasteiger partial charge in [0.05, 0.1) is 0 Å². The van der Waals surface area contributed by atoms with Gasteiger partial charge in [-0.05, 0) is 17.7 Å². The van der Waals surface area contributed by atoms with Crippen LogP contribution in [-0.2, 0) is 6.54 Å². The molecular weight excluding hydrogens is 227 g/mol. The van der Waals surface area contributed by atoms with Crippen LogP contribution in [0.15, 0.2) is 34.9 Å². The monoisotopic (exact) mass is 236 g/mol. The van der Waals surface area contributed by atoms with Gasteiger partial charge in [0.2, 0.25) is 0 Å². The quantitative estimate of drug-likeness (QED) is 0.850. The Kier molecular flexibility index (Phi) is 3.04. The van der Waals surface area contributed by atoms with Crippen LogP contribution in [0.5, 0.6) is 0 Å². The number of carboxylic acids is 1. The molecular formula is C11H9FN2O3. The number of hydrogen-bond acceptors (Lipinski definition) is 4. The van der Waals surface area contributed by atoms with Crippen molar-refractivity contribution < 1.29 is 18.7 Å². The molecule has 6 heteroatoms. The van der Waals surface area contributed by atoms with Crippen LogP contribution in [0.1, 0.15) is 16.1 Å². The predicted octanol–water partition coefficient (Wildman–Crippen LogP) is 2.12. The number of halogens is 1. The van der Waals surface area contributed by atoms with E-state index in [9.17, 15) is 9.18 Å². The Morgan fingerprint density at radius 2 is 2.12 bits per heavy atom. The van der Waals surface area contributed by atoms with Crippen molar-refractivity contribution in [2.24, 2.45) is 0 Å². The summed E-state index contributed by atoms with van der Waals surface area (Å²) >= 11 is 0. The van der Waals surface area contributed by atoms with Crippen molar-refractivity contribution in [3.05, 3.63) is 47.6 Å². The molecule has 0 amide bonds. The minimum Gasteiger partial charge on any atom is -0.476 e. The first-order valence-corrected chi connectivity index (χ1v) is 4.82. The van der Waals surface area contributed by atoms with Crippen molar-refractivity contribution in [3.8, 4) is 0 Å². The van der Waals surface area contributed by atoms with E-state index in [1.807, 2.05) is 0 Å². The summed E-state index contributed by atoms with van der Waals surface area (Å²) in [4.78, 5) is 14.2. The molecule has 0 aliphatic rings. The highest BCUT2D eigenvalue weighted by atomic mass is 19.1. The number of benzene rings is 1. The van der Waals surface area contributed by atoms with Crippen LogP contribution in [0, 0.1) is 5.82 Å². The summed E-state index contributed by atoms with van der Waals surface area (Å²) in [7, 11) is 0. The fourth-order valence-corrected chi connectivity index (χ4v) is 1.23. The molecule has 0 radical (unpaired) electrons. The van der Waals surface area contributed by atoms with Gasteiger partial charge in [0.25, 0.3) is 6.01 Å². The molecule has 0 unspecified atom stereocenters. The molecule has 2 aromatic rings. The highest BCUT2D eigenvalue weighted by molar-refractivity contribution is 5.85. The van der Waals surface area contributed by atoms with Crippen LogP contribution in [0.2, 0.25) is 0 Å². The van der Waals surface area contributed by atoms with Crippen molar-refractivity contribution in [3.63, 3.8) is 0 Å². The zero-order valence-corrected chi connectivity index (χ0v) is 8.68. The lowest BCUT2D eigenvalue weighted by atomic mass is 10.2. The molecule has 0 aliphatic heterocycles. The van der Waals surface area contributed by atoms with Crippen molar-refractivity contribution in [1.29, 1.82) is 0 Å². The summed E-state index contributed by atoms with van der Waals surface area (Å²) in [6.07, 6.45) is 1.05. The zero-order chi connectivity index (χ0) is 12.3. The number of carboxylic acid groups (broad SMARTS) is 1. The van der Waals surface area contributed by atoms with Crippen molar-refractivity contribution in [2.45, 2.75) is 6.54 Å². The van der Waals surface area contributed by atoms with Gasteiger partial charge in [0.1, 0.15) is 12.1 Å². The summed E-state index contributed by atoms with van der Waals surface area (Å²) in [5.41, 5.74) is 0.674. The molecule has 2 N–H and O–H groups in total. The molecule has 0 fully saturated rings. The molecule has 0 aliphatic carbocycles. The van der Waals surface area contributed by atoms with Crippen molar-refractivity contribution in [2.75, 3.05) is 5.32 Å². The topological polar surface area (TPSA) is 75.4 Å². The third-order valence-electron chi connectivity index (χ3n) is 2.08. The van der Waals surface area contributed by atoms with E-state index in [0.717, 1.165) is 11.8 Å². The van der Waals surface area contributed by atoms with Crippen LogP contribution in [0.25, 0.3) is 0 Å². The van der Waals surface area contributed by atoms with Gasteiger partial charge in [-0.1, -0.05) is 12.1 Å². The van der Waals surface area contributed by atoms with E-state index in [2.05, 4.69) is 10.3 Å². The van der Waals surface area contributed by atoms with Gasteiger partial charge < -0.3 is 14.8 Å². The summed E-state index contributed by atoms with van der Waals surface area (Å²) in [5, 5.41) is 11.4. The van der Waals surface area contributed by atoms with Gasteiger partial charge in [-0.25, -0.2) is 9.18 Å². The fraction of sp³-hybridized carbons (Fsp3) is 0.0909. The molecule has 0 bridgehead atoms. The second-order valence-electron chi connectivity index (χ2n) is 3.32. The van der Waals surface area contributed by atoms with E-state index in [-0.39, 0.29) is 17.5 Å². The number of oxazole rings is 1. The fourth-order valence-electron chi connectivity index (χ4n) is 1.23. The molecule has 1 aromatic carbocycles. The maximum Gasteiger partial charge on any atom is 0.357 e. The molecule has 0 atom stereocenters. The van der Waals surface area contributed by atoms with E-state index in [1.54, 1.807) is 12.1 Å². The Morgan fingerprint density at radius 3 is 2.71 bits per heavy atom. The lowest BCUT2D eigenvalue weighted by Crippen LogP contribution is -2.01. The average Bonchev–Trinajstić information content (AvgIpc) is 2.77. The summed E-state index contributed by atoms with van der Waals surface area (Å²) in [6, 6.07) is 6.03. The molecule has 0 spiro atoms. The van der Waals surface area contributed by atoms with Gasteiger partial charge in [-0.3, -0.25) is 0 Å². The van der Waals surface area contributed by atoms with Gasteiger partial charge in [0, 0.05) is 6.54 Å². The van der Waals surface area contributed by atoms with Gasteiger partial charge in [0.15, 0.2) is 5.69 Å². The Hall–Kier alpha value is -2.37. The lowest BCUT2D eigenvalue weighted by molar-refractivity contribution is 0.0690. The number of carbonyl (C=O) groups is 1. The van der Waals surface area contributed by atoms with Crippen LogP contribution in [0.4, 0.5) is 10.4 Å². The number of nitrogens with zero attached hydrogens (tertiary/aromatic N) is 1. The highest BCUT2D eigenvalue weighted by Gasteiger charge is 2.09. The Balaban J connectivity index is 1.97. The number of aromatic carboxylic acids is 1. The van der Waals surface area contributed by atoms with Gasteiger partial charge >= 0.3 is 5.97 Å². The number of anilines is 1. The van der Waals surface area contributed by atoms with Crippen molar-refractivity contribution in [1.82, 2.24) is 4.98 Å². The van der Waals surface area contributed by atoms with E-state index in [4.69, 9.17) is 9.52 Å². The number of hydrogen-bond donors (Lipinski definition) is 2. The standard InChI is InChI=1S/C11H9FN2O3/c12-8-3-1-7(2-4-8)5-13-11-14-9(6-17-11)10(15)16/h1-4,6H,5H2,(H,13,14)(H,15,16). The maximum atomic E-state index is 12.6. The van der Waals surface area contributed by atoms with E-state index in [0.29, 0.717) is 6.54 Å². The first-order valence-electron chi connectivity index (χ1n) is 4.82. The second kappa shape index (κ2) is 4.65. The summed E-state index contributed by atoms with van der Waals surface area (Å²) in [5.74, 6) is -1.46. The van der Waals surface area contributed by atoms with Gasteiger partial charge in [-0.15, -0.1) is 0 Å². The number of aromatic nitrogens is 1. The molecule has 0 saturated heterocycles. The van der Waals surface area contributed by atoms with E-state index in [1.165, 1.54) is 12.1 Å². The van der Waals surface area contributed by atoms with E-state index < -0.39 is 5.97 Å². The molecule has 2 rings (SSSR count). The van der Waals surface area contributed by atoms with Crippen molar-refractivity contribution >= 4 is 12.0 Å². The predicted molar refractivity (Wildman–Crippen MR) is 57.2 cm³/mol. The Bertz CT molecular complexity index is 522. The molecule has 88 valence electrons. The number of rotatable bonds is 4. The molecule has 5 nitrogen and oxygen atoms in total. The Labute approximate surface area is 95.9 Å². The van der Waals surface area contributed by atoms with Crippen LogP contribution in [0.3, 0.4) is 0 Å². The minimum atomic E-state index is -1.15. The molecule has 1 aromatic heterocycles. The maximum absolute atomic E-state index is 12.6. The molecule has 17 heavy (non-hydrogen) atoms. The molecule has 1 heterocycles. The van der Waals surface area contributed by atoms with Crippen LogP contribution in [-0.4, -0.2) is 16.1 Å². The van der Waals surface area contributed by atoms with E-state index >= 15 is 0 Å². The van der Waals surface area contributed by atoms with Gasteiger partial charge in [-0.2, -0.15) is 4.98 Å². The third kappa shape index (κ3) is 2.81. The Morgan fingerprint density at radius 1 is 1.41 bits per heavy atom. The third-order valence-corrected chi connectivity index (χ3v) is 2.08. The largest absolute Gasteiger partial charge is 0.476 e. The lowest BCUT2D eigenvalue weighted by Gasteiger charge is -2.01. The molecule has 0 saturated carbocycles. The number of nitrogens with one attached hydrogen (secondary N) is 1. The smallest absolute Gasteiger partial charge is 0.357 e. The first kappa shape index (κ1) is 11.1. The highest BCUT2D eigenvalue weighted by Crippen LogP contribution is 2.10. The zero-order valence-electron chi connectivity index (χ0n) is 8.68. The van der Waals surface area contributed by atoms with Crippen LogP contribution < -0.4 is 5.32 Å². The first-order chi connectivity index (χ1) is 8.15. The summed E-state index contributed by atoms with van der Waals surface area (Å²) < 4.78 is 17.5. The SMILES string of the molecule is O=C(O)c1coc(NCc2ccc(F)cc2)n1. The minimum absolute atomic E-state index is 0.117. The van der Waals surface area contributed by atoms with Crippen LogP contribution >= 0.6 is 0 Å². The summed E-state index contributed by atoms with van der Waals surface area (Å²) in [6.45, 7) is 0.375.